The average Bonchev–Trinajstić information content (AvgIpc) is 3.32. The van der Waals surface area contributed by atoms with Crippen molar-refractivity contribution in [3.05, 3.63) is 46.8 Å². The summed E-state index contributed by atoms with van der Waals surface area (Å²) in [6.45, 7) is 0. The maximum Gasteiger partial charge on any atom is 0.323 e. The van der Waals surface area contributed by atoms with Crippen molar-refractivity contribution in [3.63, 3.8) is 0 Å². The Morgan fingerprint density at radius 3 is 2.80 bits per heavy atom. The summed E-state index contributed by atoms with van der Waals surface area (Å²) in [5, 5.41) is 10.8. The Labute approximate surface area is 148 Å². The van der Waals surface area contributed by atoms with Crippen molar-refractivity contribution in [2.24, 2.45) is 0 Å². The standard InChI is InChI=1S/C16H10BrN3O5/c1-22-9-4-2-3-8-7-11(24-13(8)9)14(21)18-16-20-19-15(25-16)10-5-6-12(17)23-10/h2-7H,1H3,(H,18,20,21). The molecule has 3 aromatic heterocycles. The Kier molecular flexibility index (Phi) is 3.77. The number of fused-ring (bicyclic) bond motifs is 1. The molecule has 8 nitrogen and oxygen atoms in total. The van der Waals surface area contributed by atoms with E-state index in [1.165, 1.54) is 7.11 Å². The summed E-state index contributed by atoms with van der Waals surface area (Å²) in [5.74, 6) is 0.648. The zero-order valence-electron chi connectivity index (χ0n) is 12.8. The molecule has 0 unspecified atom stereocenters. The lowest BCUT2D eigenvalue weighted by atomic mass is 10.2. The van der Waals surface area contributed by atoms with Gasteiger partial charge in [-0.05, 0) is 40.2 Å². The summed E-state index contributed by atoms with van der Waals surface area (Å²) in [6.07, 6.45) is 0. The van der Waals surface area contributed by atoms with Crippen LogP contribution in [-0.4, -0.2) is 23.2 Å². The predicted octanol–water partition coefficient (Wildman–Crippen LogP) is 4.10. The second-order valence-electron chi connectivity index (χ2n) is 4.96. The number of aromatic nitrogens is 2. The molecule has 0 spiro atoms. The number of para-hydroxylation sites is 1. The minimum absolute atomic E-state index is 0.0695. The molecule has 0 aliphatic heterocycles. The smallest absolute Gasteiger partial charge is 0.323 e. The molecular weight excluding hydrogens is 394 g/mol. The van der Waals surface area contributed by atoms with Crippen LogP contribution in [0.2, 0.25) is 0 Å². The first-order chi connectivity index (χ1) is 12.1. The highest BCUT2D eigenvalue weighted by atomic mass is 79.9. The third-order valence-electron chi connectivity index (χ3n) is 3.38. The van der Waals surface area contributed by atoms with Gasteiger partial charge in [0.2, 0.25) is 0 Å². The van der Waals surface area contributed by atoms with E-state index in [-0.39, 0.29) is 17.7 Å². The summed E-state index contributed by atoms with van der Waals surface area (Å²) >= 11 is 3.19. The summed E-state index contributed by atoms with van der Waals surface area (Å²) < 4.78 is 22.0. The molecule has 126 valence electrons. The van der Waals surface area contributed by atoms with Gasteiger partial charge in [-0.25, -0.2) is 0 Å². The fraction of sp³-hybridized carbons (Fsp3) is 0.0625. The SMILES string of the molecule is COc1cccc2cc(C(=O)Nc3nnc(-c4ccc(Br)o4)o3)oc12. The number of nitrogens with zero attached hydrogens (tertiary/aromatic N) is 2. The fourth-order valence-electron chi connectivity index (χ4n) is 2.27. The van der Waals surface area contributed by atoms with Crippen LogP contribution >= 0.6 is 15.9 Å². The van der Waals surface area contributed by atoms with E-state index in [1.54, 1.807) is 24.3 Å². The normalized spacial score (nSPS) is 11.0. The molecule has 3 heterocycles. The molecule has 0 saturated heterocycles. The van der Waals surface area contributed by atoms with Crippen LogP contribution in [0.5, 0.6) is 5.75 Å². The quantitative estimate of drug-likeness (QED) is 0.546. The number of methoxy groups -OCH3 is 1. The number of amides is 1. The van der Waals surface area contributed by atoms with Crippen molar-refractivity contribution in [2.45, 2.75) is 0 Å². The Balaban J connectivity index is 1.57. The number of rotatable bonds is 4. The Morgan fingerprint density at radius 1 is 1.16 bits per heavy atom. The summed E-state index contributed by atoms with van der Waals surface area (Å²) in [7, 11) is 1.53. The van der Waals surface area contributed by atoms with Gasteiger partial charge in [-0.15, -0.1) is 5.10 Å². The van der Waals surface area contributed by atoms with E-state index < -0.39 is 5.91 Å². The second-order valence-corrected chi connectivity index (χ2v) is 5.74. The predicted molar refractivity (Wildman–Crippen MR) is 90.4 cm³/mol. The number of nitrogens with one attached hydrogen (secondary N) is 1. The Bertz CT molecular complexity index is 1060. The largest absolute Gasteiger partial charge is 0.493 e. The number of halogens is 1. The minimum Gasteiger partial charge on any atom is -0.493 e. The van der Waals surface area contributed by atoms with Crippen molar-refractivity contribution >= 4 is 38.8 Å². The molecule has 0 radical (unpaired) electrons. The van der Waals surface area contributed by atoms with Crippen LogP contribution in [0, 0.1) is 0 Å². The van der Waals surface area contributed by atoms with E-state index in [1.807, 2.05) is 12.1 Å². The lowest BCUT2D eigenvalue weighted by Gasteiger charge is -1.98. The van der Waals surface area contributed by atoms with E-state index >= 15 is 0 Å². The highest BCUT2D eigenvalue weighted by Gasteiger charge is 2.18. The van der Waals surface area contributed by atoms with Crippen LogP contribution in [0.15, 0.2) is 54.3 Å². The minimum atomic E-state index is -0.519. The molecule has 0 aliphatic carbocycles. The van der Waals surface area contributed by atoms with Crippen LogP contribution < -0.4 is 10.1 Å². The molecule has 9 heteroatoms. The van der Waals surface area contributed by atoms with Gasteiger partial charge in [-0.1, -0.05) is 17.2 Å². The van der Waals surface area contributed by atoms with E-state index in [2.05, 4.69) is 31.4 Å². The zero-order valence-corrected chi connectivity index (χ0v) is 14.4. The number of anilines is 1. The third kappa shape index (κ3) is 2.89. The first kappa shape index (κ1) is 15.5. The molecule has 1 amide bonds. The zero-order chi connectivity index (χ0) is 17.4. The van der Waals surface area contributed by atoms with Crippen molar-refractivity contribution in [2.75, 3.05) is 12.4 Å². The lowest BCUT2D eigenvalue weighted by molar-refractivity contribution is 0.0995. The van der Waals surface area contributed by atoms with E-state index in [0.717, 1.165) is 5.39 Å². The number of hydrogen-bond acceptors (Lipinski definition) is 7. The van der Waals surface area contributed by atoms with Crippen molar-refractivity contribution in [3.8, 4) is 17.4 Å². The van der Waals surface area contributed by atoms with Crippen LogP contribution in [0.3, 0.4) is 0 Å². The third-order valence-corrected chi connectivity index (χ3v) is 3.81. The van der Waals surface area contributed by atoms with Crippen LogP contribution in [0.1, 0.15) is 10.6 Å². The molecule has 0 aliphatic rings. The summed E-state index contributed by atoms with van der Waals surface area (Å²) in [4.78, 5) is 12.3. The second kappa shape index (κ2) is 6.10. The number of carbonyl (C=O) groups is 1. The molecule has 0 fully saturated rings. The van der Waals surface area contributed by atoms with Gasteiger partial charge in [-0.3, -0.25) is 10.1 Å². The number of carbonyl (C=O) groups excluding carboxylic acids is 1. The highest BCUT2D eigenvalue weighted by molar-refractivity contribution is 9.10. The van der Waals surface area contributed by atoms with Gasteiger partial charge >= 0.3 is 6.01 Å². The summed E-state index contributed by atoms with van der Waals surface area (Å²) in [5.41, 5.74) is 0.488. The molecular formula is C16H10BrN3O5. The number of furan rings is 2. The van der Waals surface area contributed by atoms with Crippen LogP contribution in [0.4, 0.5) is 6.01 Å². The molecule has 25 heavy (non-hydrogen) atoms. The van der Waals surface area contributed by atoms with E-state index in [4.69, 9.17) is 18.0 Å². The summed E-state index contributed by atoms with van der Waals surface area (Å²) in [6, 6.07) is 10.3. The van der Waals surface area contributed by atoms with Crippen molar-refractivity contribution < 1.29 is 22.8 Å². The molecule has 0 atom stereocenters. The molecule has 4 aromatic rings. The Morgan fingerprint density at radius 2 is 2.04 bits per heavy atom. The Hall–Kier alpha value is -3.07. The van der Waals surface area contributed by atoms with Crippen LogP contribution in [-0.2, 0) is 0 Å². The maximum absolute atomic E-state index is 12.3. The monoisotopic (exact) mass is 403 g/mol. The average molecular weight is 404 g/mol. The number of benzene rings is 1. The molecule has 1 aromatic carbocycles. The lowest BCUT2D eigenvalue weighted by Crippen LogP contribution is -2.10. The van der Waals surface area contributed by atoms with Gasteiger partial charge < -0.3 is 18.0 Å². The molecule has 4 rings (SSSR count). The van der Waals surface area contributed by atoms with Gasteiger partial charge in [0.05, 0.1) is 7.11 Å². The van der Waals surface area contributed by atoms with E-state index in [9.17, 15) is 4.79 Å². The van der Waals surface area contributed by atoms with Crippen molar-refractivity contribution in [1.82, 2.24) is 10.2 Å². The van der Waals surface area contributed by atoms with Crippen LogP contribution in [0.25, 0.3) is 22.6 Å². The van der Waals surface area contributed by atoms with E-state index in [0.29, 0.717) is 21.8 Å². The maximum atomic E-state index is 12.3. The van der Waals surface area contributed by atoms with Gasteiger partial charge in [0.1, 0.15) is 0 Å². The van der Waals surface area contributed by atoms with Gasteiger partial charge in [0.25, 0.3) is 11.8 Å². The topological polar surface area (TPSA) is 104 Å². The molecule has 0 bridgehead atoms. The van der Waals surface area contributed by atoms with Gasteiger partial charge in [0.15, 0.2) is 27.5 Å². The number of hydrogen-bond donors (Lipinski definition) is 1. The molecule has 1 N–H and O–H groups in total. The fourth-order valence-corrected chi connectivity index (χ4v) is 2.58. The number of ether oxygens (including phenoxy) is 1. The molecule has 0 saturated carbocycles. The first-order valence-electron chi connectivity index (χ1n) is 7.11. The van der Waals surface area contributed by atoms with Gasteiger partial charge in [0, 0.05) is 5.39 Å². The first-order valence-corrected chi connectivity index (χ1v) is 7.90. The highest BCUT2D eigenvalue weighted by Crippen LogP contribution is 2.29. The van der Waals surface area contributed by atoms with Crippen molar-refractivity contribution in [1.29, 1.82) is 0 Å². The van der Waals surface area contributed by atoms with Gasteiger partial charge in [-0.2, -0.15) is 0 Å².